The summed E-state index contributed by atoms with van der Waals surface area (Å²) in [7, 11) is -2.87. The first-order valence-corrected chi connectivity index (χ1v) is 13.2. The lowest BCUT2D eigenvalue weighted by atomic mass is 10.0. The number of hydrogen-bond donors (Lipinski definition) is 0. The van der Waals surface area contributed by atoms with E-state index in [-0.39, 0.29) is 11.3 Å². The van der Waals surface area contributed by atoms with Gasteiger partial charge >= 0.3 is 0 Å². The van der Waals surface area contributed by atoms with Crippen molar-refractivity contribution < 1.29 is 13.8 Å². The molecule has 4 rings (SSSR count). The van der Waals surface area contributed by atoms with Crippen LogP contribution in [0.25, 0.3) is 0 Å². The van der Waals surface area contributed by atoms with Crippen molar-refractivity contribution in [2.45, 2.75) is 18.2 Å². The Balaban J connectivity index is 1.46. The van der Waals surface area contributed by atoms with E-state index in [2.05, 4.69) is 21.2 Å². The van der Waals surface area contributed by atoms with Gasteiger partial charge in [-0.2, -0.15) is 4.36 Å². The third-order valence-corrected chi connectivity index (χ3v) is 7.13. The molecule has 0 spiro atoms. The maximum absolute atomic E-state index is 12.9. The molecule has 3 aromatic carbocycles. The SMILES string of the molecule is Cc1ccc(C(=O)Cc2ccc(C#Cc3cncc(C(=O)N=[S@@](C)(=O)c4ccccc4)c3)cc2)cc1. The van der Waals surface area contributed by atoms with Crippen LogP contribution in [0.15, 0.2) is 107 Å². The van der Waals surface area contributed by atoms with Crippen molar-refractivity contribution >= 4 is 21.4 Å². The van der Waals surface area contributed by atoms with Crippen molar-refractivity contribution in [3.63, 3.8) is 0 Å². The molecule has 0 unspecified atom stereocenters. The molecule has 178 valence electrons. The maximum Gasteiger partial charge on any atom is 0.286 e. The number of aromatic nitrogens is 1. The summed E-state index contributed by atoms with van der Waals surface area (Å²) in [6, 6.07) is 25.3. The lowest BCUT2D eigenvalue weighted by Gasteiger charge is -2.03. The van der Waals surface area contributed by atoms with Crippen LogP contribution >= 0.6 is 0 Å². The smallest absolute Gasteiger partial charge is 0.286 e. The van der Waals surface area contributed by atoms with E-state index in [1.807, 2.05) is 61.5 Å². The van der Waals surface area contributed by atoms with Crippen LogP contribution in [0.2, 0.25) is 0 Å². The van der Waals surface area contributed by atoms with Gasteiger partial charge in [0.15, 0.2) is 5.78 Å². The van der Waals surface area contributed by atoms with E-state index >= 15 is 0 Å². The van der Waals surface area contributed by atoms with Gasteiger partial charge in [0.1, 0.15) is 0 Å². The summed E-state index contributed by atoms with van der Waals surface area (Å²) in [4.78, 5) is 29.7. The highest BCUT2D eigenvalue weighted by molar-refractivity contribution is 7.93. The van der Waals surface area contributed by atoms with Crippen LogP contribution in [0.3, 0.4) is 0 Å². The average Bonchev–Trinajstić information content (AvgIpc) is 2.89. The Bertz CT molecular complexity index is 1590. The number of carbonyl (C=O) groups is 2. The van der Waals surface area contributed by atoms with Gasteiger partial charge < -0.3 is 0 Å². The minimum atomic E-state index is -2.87. The maximum atomic E-state index is 12.9. The van der Waals surface area contributed by atoms with Gasteiger partial charge in [0.25, 0.3) is 5.91 Å². The average molecular weight is 493 g/mol. The summed E-state index contributed by atoms with van der Waals surface area (Å²) in [5, 5.41) is 0. The number of nitrogens with zero attached hydrogens (tertiary/aromatic N) is 2. The van der Waals surface area contributed by atoms with Crippen LogP contribution < -0.4 is 0 Å². The number of amides is 1. The molecular weight excluding hydrogens is 468 g/mol. The summed E-state index contributed by atoms with van der Waals surface area (Å²) in [5.74, 6) is 5.50. The number of ketones is 1. The third-order valence-electron chi connectivity index (χ3n) is 5.47. The van der Waals surface area contributed by atoms with E-state index in [4.69, 9.17) is 0 Å². The minimum absolute atomic E-state index is 0.0649. The molecule has 0 aliphatic rings. The van der Waals surface area contributed by atoms with E-state index in [1.54, 1.807) is 36.5 Å². The second-order valence-electron chi connectivity index (χ2n) is 8.39. The summed E-state index contributed by atoms with van der Waals surface area (Å²) in [5.41, 5.74) is 4.24. The molecule has 1 amide bonds. The van der Waals surface area contributed by atoms with Crippen LogP contribution in [-0.4, -0.2) is 27.1 Å². The molecule has 0 N–H and O–H groups in total. The van der Waals surface area contributed by atoms with Gasteiger partial charge in [-0.15, -0.1) is 0 Å². The van der Waals surface area contributed by atoms with Crippen LogP contribution in [0.4, 0.5) is 0 Å². The predicted molar refractivity (Wildman–Crippen MR) is 141 cm³/mol. The Labute approximate surface area is 211 Å². The molecular formula is C30H24N2O3S. The van der Waals surface area contributed by atoms with Gasteiger partial charge in [0.05, 0.1) is 15.3 Å². The van der Waals surface area contributed by atoms with Crippen LogP contribution in [0.5, 0.6) is 0 Å². The standard InChI is InChI=1S/C30H24N2O3S/c1-22-8-16-26(17-9-22)29(33)19-24-13-10-23(11-14-24)12-15-25-18-27(21-31-20-25)30(34)32-36(2,35)28-6-4-3-5-7-28/h3-11,13-14,16-18,20-21H,19H2,1-2H3/t36-/m0/s1. The monoisotopic (exact) mass is 492 g/mol. The summed E-state index contributed by atoms with van der Waals surface area (Å²) in [6.07, 6.45) is 4.70. The number of pyridine rings is 1. The van der Waals surface area contributed by atoms with Crippen molar-refractivity contribution in [1.82, 2.24) is 4.98 Å². The summed E-state index contributed by atoms with van der Waals surface area (Å²) in [6.45, 7) is 1.99. The molecule has 36 heavy (non-hydrogen) atoms. The Morgan fingerprint density at radius 3 is 2.19 bits per heavy atom. The van der Waals surface area contributed by atoms with Gasteiger partial charge in [0, 0.05) is 46.7 Å². The number of rotatable bonds is 5. The van der Waals surface area contributed by atoms with Crippen molar-refractivity contribution in [1.29, 1.82) is 0 Å². The van der Waals surface area contributed by atoms with E-state index in [1.165, 1.54) is 12.5 Å². The summed E-state index contributed by atoms with van der Waals surface area (Å²) >= 11 is 0. The Kier molecular flexibility index (Phi) is 7.53. The fourth-order valence-electron chi connectivity index (χ4n) is 3.44. The molecule has 0 bridgehead atoms. The highest BCUT2D eigenvalue weighted by atomic mass is 32.2. The van der Waals surface area contributed by atoms with Crippen molar-refractivity contribution in [2.24, 2.45) is 4.36 Å². The third kappa shape index (κ3) is 6.41. The van der Waals surface area contributed by atoms with Crippen LogP contribution in [0.1, 0.15) is 43.0 Å². The molecule has 0 fully saturated rings. The zero-order chi connectivity index (χ0) is 25.5. The zero-order valence-electron chi connectivity index (χ0n) is 20.0. The van der Waals surface area contributed by atoms with Crippen LogP contribution in [0, 0.1) is 18.8 Å². The first-order chi connectivity index (χ1) is 17.3. The lowest BCUT2D eigenvalue weighted by Crippen LogP contribution is -2.04. The fraction of sp³-hybridized carbons (Fsp3) is 0.100. The first-order valence-electron chi connectivity index (χ1n) is 11.3. The molecule has 0 aliphatic carbocycles. The van der Waals surface area contributed by atoms with Gasteiger partial charge in [-0.1, -0.05) is 72.0 Å². The molecule has 4 aromatic rings. The normalized spacial score (nSPS) is 12.1. The number of carbonyl (C=O) groups excluding carboxylic acids is 2. The molecule has 0 saturated heterocycles. The quantitative estimate of drug-likeness (QED) is 0.272. The van der Waals surface area contributed by atoms with Gasteiger partial charge in [0.2, 0.25) is 0 Å². The molecule has 0 saturated carbocycles. The van der Waals surface area contributed by atoms with Gasteiger partial charge in [-0.25, -0.2) is 4.21 Å². The second-order valence-corrected chi connectivity index (χ2v) is 10.6. The Hall–Kier alpha value is -4.34. The topological polar surface area (TPSA) is 76.5 Å². The van der Waals surface area contributed by atoms with Crippen molar-refractivity contribution in [3.05, 3.63) is 131 Å². The Morgan fingerprint density at radius 1 is 0.833 bits per heavy atom. The number of Topliss-reactive ketones (excluding diaryl/α,β-unsaturated/α-hetero) is 1. The molecule has 0 radical (unpaired) electrons. The predicted octanol–water partition coefficient (Wildman–Crippen LogP) is 5.51. The number of hydrogen-bond acceptors (Lipinski definition) is 4. The second kappa shape index (κ2) is 10.9. The van der Waals surface area contributed by atoms with Crippen molar-refractivity contribution in [3.8, 4) is 11.8 Å². The molecule has 1 heterocycles. The van der Waals surface area contributed by atoms with Gasteiger partial charge in [-0.05, 0) is 42.8 Å². The molecule has 5 nitrogen and oxygen atoms in total. The highest BCUT2D eigenvalue weighted by Gasteiger charge is 2.12. The largest absolute Gasteiger partial charge is 0.294 e. The molecule has 1 atom stereocenters. The first kappa shape index (κ1) is 24.8. The summed E-state index contributed by atoms with van der Waals surface area (Å²) < 4.78 is 16.8. The molecule has 6 heteroatoms. The highest BCUT2D eigenvalue weighted by Crippen LogP contribution is 2.14. The van der Waals surface area contributed by atoms with E-state index in [9.17, 15) is 13.8 Å². The number of aryl methyl sites for hydroxylation is 1. The van der Waals surface area contributed by atoms with E-state index in [0.717, 1.165) is 16.7 Å². The fourth-order valence-corrected chi connectivity index (χ4v) is 4.63. The molecule has 1 aromatic heterocycles. The minimum Gasteiger partial charge on any atom is -0.294 e. The lowest BCUT2D eigenvalue weighted by molar-refractivity contribution is 0.0988. The zero-order valence-corrected chi connectivity index (χ0v) is 20.8. The number of benzene rings is 3. The van der Waals surface area contributed by atoms with Gasteiger partial charge in [-0.3, -0.25) is 14.6 Å². The molecule has 0 aliphatic heterocycles. The van der Waals surface area contributed by atoms with E-state index < -0.39 is 15.6 Å². The van der Waals surface area contributed by atoms with E-state index in [0.29, 0.717) is 22.4 Å². The van der Waals surface area contributed by atoms with Crippen LogP contribution in [-0.2, 0) is 16.1 Å². The Morgan fingerprint density at radius 2 is 1.50 bits per heavy atom. The van der Waals surface area contributed by atoms with Crippen molar-refractivity contribution in [2.75, 3.05) is 6.26 Å².